The van der Waals surface area contributed by atoms with Gasteiger partial charge < -0.3 is 10.0 Å². The van der Waals surface area contributed by atoms with Gasteiger partial charge >= 0.3 is 0 Å². The van der Waals surface area contributed by atoms with Crippen LogP contribution in [0.15, 0.2) is 36.7 Å². The molecule has 0 unspecified atom stereocenters. The third-order valence-corrected chi connectivity index (χ3v) is 4.71. The number of nitrogens with zero attached hydrogens (tertiary/aromatic N) is 4. The van der Waals surface area contributed by atoms with Gasteiger partial charge in [-0.05, 0) is 56.1 Å². The molecule has 1 fully saturated rings. The molecule has 1 aromatic heterocycles. The summed E-state index contributed by atoms with van der Waals surface area (Å²) in [6.45, 7) is 8.69. The van der Waals surface area contributed by atoms with Crippen molar-refractivity contribution < 1.29 is 5.11 Å². The molecule has 0 amide bonds. The molecule has 1 N–H and O–H groups in total. The second kappa shape index (κ2) is 8.20. The van der Waals surface area contributed by atoms with Crippen LogP contribution >= 0.6 is 0 Å². The Morgan fingerprint density at radius 1 is 0.958 bits per heavy atom. The summed E-state index contributed by atoms with van der Waals surface area (Å²) in [7, 11) is 0. The molecule has 2 heterocycles. The molecule has 0 spiro atoms. The maximum Gasteiger partial charge on any atom is 0.115 e. The van der Waals surface area contributed by atoms with E-state index in [0.717, 1.165) is 32.7 Å². The number of rotatable bonds is 7. The quantitative estimate of drug-likeness (QED) is 0.794. The molecule has 24 heavy (non-hydrogen) atoms. The highest BCUT2D eigenvalue weighted by Gasteiger charge is 2.16. The number of aromatic nitrogens is 2. The van der Waals surface area contributed by atoms with Crippen LogP contribution in [0.1, 0.15) is 24.8 Å². The van der Waals surface area contributed by atoms with Gasteiger partial charge in [-0.3, -0.25) is 9.58 Å². The van der Waals surface area contributed by atoms with Crippen molar-refractivity contribution in [1.82, 2.24) is 14.7 Å². The van der Waals surface area contributed by atoms with Crippen LogP contribution in [0.25, 0.3) is 0 Å². The molecule has 0 aliphatic carbocycles. The summed E-state index contributed by atoms with van der Waals surface area (Å²) in [5.74, 6) is 0.336. The van der Waals surface area contributed by atoms with Crippen molar-refractivity contribution in [2.75, 3.05) is 37.6 Å². The lowest BCUT2D eigenvalue weighted by molar-refractivity contribution is 0.251. The minimum absolute atomic E-state index is 0.336. The van der Waals surface area contributed by atoms with E-state index < -0.39 is 0 Å². The van der Waals surface area contributed by atoms with Gasteiger partial charge in [-0.2, -0.15) is 5.10 Å². The van der Waals surface area contributed by atoms with E-state index in [0.29, 0.717) is 5.75 Å². The van der Waals surface area contributed by atoms with Gasteiger partial charge in [0, 0.05) is 44.6 Å². The molecule has 3 rings (SSSR count). The molecule has 5 heteroatoms. The lowest BCUT2D eigenvalue weighted by Crippen LogP contribution is -2.46. The number of piperazine rings is 1. The van der Waals surface area contributed by atoms with Crippen LogP contribution < -0.4 is 4.90 Å². The van der Waals surface area contributed by atoms with Gasteiger partial charge in [-0.25, -0.2) is 0 Å². The fourth-order valence-corrected chi connectivity index (χ4v) is 3.27. The Morgan fingerprint density at radius 3 is 2.33 bits per heavy atom. The Balaban J connectivity index is 1.30. The molecule has 2 aromatic rings. The van der Waals surface area contributed by atoms with E-state index in [1.807, 2.05) is 23.0 Å². The van der Waals surface area contributed by atoms with Gasteiger partial charge in [-0.1, -0.05) is 6.42 Å². The van der Waals surface area contributed by atoms with Gasteiger partial charge in [0.15, 0.2) is 0 Å². The second-order valence-electron chi connectivity index (χ2n) is 6.69. The zero-order valence-corrected chi connectivity index (χ0v) is 14.6. The molecular formula is C19H28N4O. The van der Waals surface area contributed by atoms with Gasteiger partial charge in [0.25, 0.3) is 0 Å². The predicted octanol–water partition coefficient (Wildman–Crippen LogP) is 2.89. The van der Waals surface area contributed by atoms with Crippen LogP contribution in [0, 0.1) is 6.92 Å². The Kier molecular flexibility index (Phi) is 5.75. The zero-order chi connectivity index (χ0) is 16.8. The van der Waals surface area contributed by atoms with Crippen molar-refractivity contribution >= 4 is 5.69 Å². The fourth-order valence-electron chi connectivity index (χ4n) is 3.27. The third kappa shape index (κ3) is 4.74. The van der Waals surface area contributed by atoms with Crippen molar-refractivity contribution in [2.24, 2.45) is 0 Å². The standard InChI is InChI=1S/C19H28N4O/c1-17-15-20-23(16-17)10-4-2-3-9-21-11-13-22(14-12-21)18-5-7-19(24)8-6-18/h5-8,15-16,24H,2-4,9-14H2,1H3. The number of phenolic OH excluding ortho intramolecular Hbond substituents is 1. The zero-order valence-electron chi connectivity index (χ0n) is 14.6. The Morgan fingerprint density at radius 2 is 1.67 bits per heavy atom. The number of anilines is 1. The highest BCUT2D eigenvalue weighted by atomic mass is 16.3. The fraction of sp³-hybridized carbons (Fsp3) is 0.526. The molecule has 0 saturated carbocycles. The average molecular weight is 328 g/mol. The monoisotopic (exact) mass is 328 g/mol. The van der Waals surface area contributed by atoms with Crippen molar-refractivity contribution in [3.8, 4) is 5.75 Å². The molecule has 0 radical (unpaired) electrons. The first-order valence-corrected chi connectivity index (χ1v) is 8.96. The van der Waals surface area contributed by atoms with E-state index in [1.54, 1.807) is 12.1 Å². The average Bonchev–Trinajstić information content (AvgIpc) is 3.01. The van der Waals surface area contributed by atoms with Crippen LogP contribution in [0.3, 0.4) is 0 Å². The minimum atomic E-state index is 0.336. The summed E-state index contributed by atoms with van der Waals surface area (Å²) in [5, 5.41) is 13.7. The number of phenols is 1. The minimum Gasteiger partial charge on any atom is -0.508 e. The summed E-state index contributed by atoms with van der Waals surface area (Å²) >= 11 is 0. The van der Waals surface area contributed by atoms with E-state index in [4.69, 9.17) is 0 Å². The topological polar surface area (TPSA) is 44.5 Å². The maximum atomic E-state index is 9.38. The SMILES string of the molecule is Cc1cnn(CCCCCN2CCN(c3ccc(O)cc3)CC2)c1. The summed E-state index contributed by atoms with van der Waals surface area (Å²) in [4.78, 5) is 4.96. The maximum absolute atomic E-state index is 9.38. The van der Waals surface area contributed by atoms with Crippen LogP contribution in [-0.4, -0.2) is 52.5 Å². The van der Waals surface area contributed by atoms with Crippen molar-refractivity contribution in [1.29, 1.82) is 0 Å². The Labute approximate surface area is 144 Å². The first-order valence-electron chi connectivity index (χ1n) is 8.96. The lowest BCUT2D eigenvalue weighted by atomic mass is 10.2. The van der Waals surface area contributed by atoms with E-state index in [2.05, 4.69) is 28.0 Å². The number of hydrogen-bond acceptors (Lipinski definition) is 4. The predicted molar refractivity (Wildman–Crippen MR) is 97.6 cm³/mol. The van der Waals surface area contributed by atoms with Crippen LogP contribution in [0.5, 0.6) is 5.75 Å². The number of aromatic hydroxyl groups is 1. The molecular weight excluding hydrogens is 300 g/mol. The first-order chi connectivity index (χ1) is 11.7. The van der Waals surface area contributed by atoms with Crippen LogP contribution in [0.4, 0.5) is 5.69 Å². The highest BCUT2D eigenvalue weighted by molar-refractivity contribution is 5.49. The molecule has 5 nitrogen and oxygen atoms in total. The summed E-state index contributed by atoms with van der Waals surface area (Å²) in [6, 6.07) is 7.54. The van der Waals surface area contributed by atoms with E-state index in [9.17, 15) is 5.11 Å². The third-order valence-electron chi connectivity index (χ3n) is 4.71. The first kappa shape index (κ1) is 16.8. The number of aryl methyl sites for hydroxylation is 2. The van der Waals surface area contributed by atoms with Crippen molar-refractivity contribution in [3.63, 3.8) is 0 Å². The van der Waals surface area contributed by atoms with Gasteiger partial charge in [-0.15, -0.1) is 0 Å². The van der Waals surface area contributed by atoms with E-state index in [-0.39, 0.29) is 0 Å². The largest absolute Gasteiger partial charge is 0.508 e. The van der Waals surface area contributed by atoms with E-state index >= 15 is 0 Å². The molecule has 1 saturated heterocycles. The normalized spacial score (nSPS) is 15.8. The summed E-state index contributed by atoms with van der Waals surface area (Å²) in [6.07, 6.45) is 7.77. The number of unbranched alkanes of at least 4 members (excludes halogenated alkanes) is 2. The summed E-state index contributed by atoms with van der Waals surface area (Å²) in [5.41, 5.74) is 2.45. The van der Waals surface area contributed by atoms with Crippen LogP contribution in [0.2, 0.25) is 0 Å². The molecule has 1 aromatic carbocycles. The number of benzene rings is 1. The van der Waals surface area contributed by atoms with Crippen molar-refractivity contribution in [2.45, 2.75) is 32.7 Å². The van der Waals surface area contributed by atoms with Crippen molar-refractivity contribution in [3.05, 3.63) is 42.2 Å². The molecule has 130 valence electrons. The number of hydrogen-bond donors (Lipinski definition) is 1. The molecule has 1 aliphatic rings. The van der Waals surface area contributed by atoms with Gasteiger partial charge in [0.05, 0.1) is 6.20 Å². The Hall–Kier alpha value is -2.01. The van der Waals surface area contributed by atoms with Gasteiger partial charge in [0.1, 0.15) is 5.75 Å². The van der Waals surface area contributed by atoms with Gasteiger partial charge in [0.2, 0.25) is 0 Å². The second-order valence-corrected chi connectivity index (χ2v) is 6.69. The molecule has 0 atom stereocenters. The summed E-state index contributed by atoms with van der Waals surface area (Å²) < 4.78 is 2.05. The smallest absolute Gasteiger partial charge is 0.115 e. The van der Waals surface area contributed by atoms with E-state index in [1.165, 1.54) is 37.1 Å². The lowest BCUT2D eigenvalue weighted by Gasteiger charge is -2.36. The highest BCUT2D eigenvalue weighted by Crippen LogP contribution is 2.19. The molecule has 0 bridgehead atoms. The molecule has 1 aliphatic heterocycles. The Bertz CT molecular complexity index is 615. The van der Waals surface area contributed by atoms with Crippen LogP contribution in [-0.2, 0) is 6.54 Å².